The number of quaternary nitrogens is 1. The molecule has 0 unspecified atom stereocenters. The quantitative estimate of drug-likeness (QED) is 0.244. The smallest absolute Gasteiger partial charge is 0.119 e. The van der Waals surface area contributed by atoms with E-state index in [2.05, 4.69) is 0 Å². The van der Waals surface area contributed by atoms with Gasteiger partial charge in [-0.1, -0.05) is 0 Å². The second-order valence-corrected chi connectivity index (χ2v) is 2.37. The summed E-state index contributed by atoms with van der Waals surface area (Å²) >= 11 is 0. The number of aliphatic hydroxyl groups is 2. The van der Waals surface area contributed by atoms with E-state index in [4.69, 9.17) is 16.1 Å². The predicted octanol–water partition coefficient (Wildman–Crippen LogP) is -1.71. The van der Waals surface area contributed by atoms with E-state index in [0.717, 1.165) is 0 Å². The van der Waals surface area contributed by atoms with Gasteiger partial charge in [-0.25, -0.2) is 4.59 Å². The Morgan fingerprint density at radius 2 is 1.56 bits per heavy atom. The van der Waals surface area contributed by atoms with Crippen LogP contribution in [0, 0.1) is 0 Å². The Morgan fingerprint density at radius 3 is 1.78 bits per heavy atom. The Morgan fingerprint density at radius 1 is 1.22 bits per heavy atom. The molecular formula is C5H15N2O2+. The van der Waals surface area contributed by atoms with E-state index in [0.29, 0.717) is 13.1 Å². The summed E-state index contributed by atoms with van der Waals surface area (Å²) in [6.45, 7) is 1.10. The lowest BCUT2D eigenvalue weighted by atomic mass is 10.5. The first-order chi connectivity index (χ1) is 4.12. The zero-order valence-electron chi connectivity index (χ0n) is 5.75. The molecule has 9 heavy (non-hydrogen) atoms. The van der Waals surface area contributed by atoms with Gasteiger partial charge in [0.15, 0.2) is 0 Å². The Balaban J connectivity index is 3.43. The highest BCUT2D eigenvalue weighted by Crippen LogP contribution is 1.87. The lowest BCUT2D eigenvalue weighted by Crippen LogP contribution is -2.53. The van der Waals surface area contributed by atoms with Crippen LogP contribution < -0.4 is 5.84 Å². The summed E-state index contributed by atoms with van der Waals surface area (Å²) in [6.07, 6.45) is 0. The lowest BCUT2D eigenvalue weighted by molar-refractivity contribution is -0.921. The molecule has 4 nitrogen and oxygen atoms in total. The molecule has 0 aliphatic heterocycles. The summed E-state index contributed by atoms with van der Waals surface area (Å²) < 4.78 is 0.188. The number of likely N-dealkylation sites (N-methyl/N-ethyl adjacent to an activating group) is 1. The van der Waals surface area contributed by atoms with Crippen LogP contribution in [0.15, 0.2) is 0 Å². The van der Waals surface area contributed by atoms with E-state index in [-0.39, 0.29) is 17.8 Å². The standard InChI is InChI=1S/C5H15N2O2/c1-7(6,2-4-8)3-5-9/h8-9H,2-6H2,1H3/q+1. The first-order valence-electron chi connectivity index (χ1n) is 2.97. The molecule has 4 N–H and O–H groups in total. The Bertz CT molecular complexity index is 67.4. The van der Waals surface area contributed by atoms with Gasteiger partial charge in [0.2, 0.25) is 0 Å². The number of rotatable bonds is 4. The molecule has 0 spiro atoms. The number of hydrogen-bond donors (Lipinski definition) is 3. The maximum absolute atomic E-state index is 8.45. The van der Waals surface area contributed by atoms with E-state index in [9.17, 15) is 0 Å². The minimum absolute atomic E-state index is 0.0625. The fourth-order valence-electron chi connectivity index (χ4n) is 0.569. The van der Waals surface area contributed by atoms with Crippen molar-refractivity contribution in [2.24, 2.45) is 5.84 Å². The highest BCUT2D eigenvalue weighted by Gasteiger charge is 2.12. The van der Waals surface area contributed by atoms with Gasteiger partial charge in [-0.15, -0.1) is 0 Å². The zero-order chi connectivity index (χ0) is 7.33. The van der Waals surface area contributed by atoms with Gasteiger partial charge in [0.25, 0.3) is 0 Å². The summed E-state index contributed by atoms with van der Waals surface area (Å²) in [5, 5.41) is 16.9. The normalized spacial score (nSPS) is 12.0. The molecule has 0 aromatic rings. The molecule has 0 fully saturated rings. The largest absolute Gasteiger partial charge is 0.390 e. The summed E-state index contributed by atoms with van der Waals surface area (Å²) in [5.74, 6) is 5.56. The van der Waals surface area contributed by atoms with Crippen LogP contribution in [-0.4, -0.2) is 48.2 Å². The molecule has 0 atom stereocenters. The van der Waals surface area contributed by atoms with Crippen molar-refractivity contribution in [3.8, 4) is 0 Å². The third-order valence-corrected chi connectivity index (χ3v) is 1.22. The second kappa shape index (κ2) is 3.79. The summed E-state index contributed by atoms with van der Waals surface area (Å²) in [6, 6.07) is 0. The van der Waals surface area contributed by atoms with Crippen molar-refractivity contribution in [1.29, 1.82) is 0 Å². The fourth-order valence-corrected chi connectivity index (χ4v) is 0.569. The van der Waals surface area contributed by atoms with Crippen molar-refractivity contribution in [1.82, 2.24) is 0 Å². The number of hydrogen-bond acceptors (Lipinski definition) is 3. The Hall–Kier alpha value is -0.160. The molecule has 0 amide bonds. The van der Waals surface area contributed by atoms with Crippen molar-refractivity contribution < 1.29 is 14.8 Å². The maximum Gasteiger partial charge on any atom is 0.119 e. The van der Waals surface area contributed by atoms with Gasteiger partial charge in [-0.05, 0) is 0 Å². The van der Waals surface area contributed by atoms with Gasteiger partial charge in [-0.2, -0.15) is 5.84 Å². The average Bonchev–Trinajstić information content (AvgIpc) is 1.64. The minimum Gasteiger partial charge on any atom is -0.390 e. The number of nitrogens with two attached hydrogens (primary N) is 1. The van der Waals surface area contributed by atoms with Gasteiger partial charge in [0.05, 0.1) is 20.3 Å². The van der Waals surface area contributed by atoms with Crippen LogP contribution in [0.5, 0.6) is 0 Å². The van der Waals surface area contributed by atoms with E-state index >= 15 is 0 Å². The Labute approximate surface area is 55.1 Å². The molecule has 0 heterocycles. The van der Waals surface area contributed by atoms with E-state index in [1.54, 1.807) is 7.05 Å². The maximum atomic E-state index is 8.45. The zero-order valence-corrected chi connectivity index (χ0v) is 5.75. The van der Waals surface area contributed by atoms with Crippen LogP contribution in [0.25, 0.3) is 0 Å². The molecule has 0 saturated carbocycles. The van der Waals surface area contributed by atoms with Crippen molar-refractivity contribution in [2.45, 2.75) is 0 Å². The first-order valence-corrected chi connectivity index (χ1v) is 2.97. The van der Waals surface area contributed by atoms with Crippen LogP contribution in [0.1, 0.15) is 0 Å². The van der Waals surface area contributed by atoms with Crippen LogP contribution >= 0.6 is 0 Å². The van der Waals surface area contributed by atoms with E-state index < -0.39 is 0 Å². The van der Waals surface area contributed by atoms with E-state index in [1.807, 2.05) is 0 Å². The van der Waals surface area contributed by atoms with Gasteiger partial charge in [-0.3, -0.25) is 0 Å². The topological polar surface area (TPSA) is 66.5 Å². The van der Waals surface area contributed by atoms with Gasteiger partial charge in [0, 0.05) is 0 Å². The van der Waals surface area contributed by atoms with Gasteiger partial charge in [0.1, 0.15) is 13.1 Å². The third-order valence-electron chi connectivity index (χ3n) is 1.22. The van der Waals surface area contributed by atoms with Crippen molar-refractivity contribution >= 4 is 0 Å². The summed E-state index contributed by atoms with van der Waals surface area (Å²) in [4.78, 5) is 0. The molecule has 0 bridgehead atoms. The Kier molecular flexibility index (Phi) is 3.72. The van der Waals surface area contributed by atoms with Gasteiger partial charge < -0.3 is 10.2 Å². The first kappa shape index (κ1) is 8.84. The molecule has 0 aromatic carbocycles. The van der Waals surface area contributed by atoms with E-state index in [1.165, 1.54) is 0 Å². The predicted molar refractivity (Wildman–Crippen MR) is 34.3 cm³/mol. The van der Waals surface area contributed by atoms with Crippen molar-refractivity contribution in [3.63, 3.8) is 0 Å². The molecule has 0 aromatic heterocycles. The number of nitrogens with zero attached hydrogens (tertiary/aromatic N) is 1. The highest BCUT2D eigenvalue weighted by atomic mass is 16.3. The fraction of sp³-hybridized carbons (Fsp3) is 1.00. The van der Waals surface area contributed by atoms with Crippen LogP contribution in [0.4, 0.5) is 0 Å². The minimum atomic E-state index is 0.0625. The highest BCUT2D eigenvalue weighted by molar-refractivity contribution is 4.27. The van der Waals surface area contributed by atoms with Crippen LogP contribution in [0.3, 0.4) is 0 Å². The SMILES string of the molecule is C[N+](N)(CCO)CCO. The van der Waals surface area contributed by atoms with Gasteiger partial charge >= 0.3 is 0 Å². The molecule has 0 radical (unpaired) electrons. The van der Waals surface area contributed by atoms with Crippen molar-refractivity contribution in [2.75, 3.05) is 33.4 Å². The molecule has 56 valence electrons. The van der Waals surface area contributed by atoms with Crippen LogP contribution in [0.2, 0.25) is 0 Å². The molecule has 0 saturated heterocycles. The molecule has 0 aliphatic rings. The molecular weight excluding hydrogens is 120 g/mol. The summed E-state index contributed by atoms with van der Waals surface area (Å²) in [5.41, 5.74) is 0. The summed E-state index contributed by atoms with van der Waals surface area (Å²) in [7, 11) is 1.76. The molecule has 4 heteroatoms. The molecule has 0 aliphatic carbocycles. The molecule has 0 rings (SSSR count). The number of aliphatic hydroxyl groups excluding tert-OH is 2. The van der Waals surface area contributed by atoms with Crippen LogP contribution in [-0.2, 0) is 0 Å². The second-order valence-electron chi connectivity index (χ2n) is 2.37. The monoisotopic (exact) mass is 135 g/mol. The average molecular weight is 135 g/mol. The van der Waals surface area contributed by atoms with Crippen molar-refractivity contribution in [3.05, 3.63) is 0 Å². The third kappa shape index (κ3) is 4.35. The lowest BCUT2D eigenvalue weighted by Gasteiger charge is -2.25.